The van der Waals surface area contributed by atoms with Gasteiger partial charge in [0.25, 0.3) is 0 Å². The van der Waals surface area contributed by atoms with Gasteiger partial charge in [-0.25, -0.2) is 8.42 Å². The summed E-state index contributed by atoms with van der Waals surface area (Å²) in [5.74, 6) is -0.601. The van der Waals surface area contributed by atoms with Crippen LogP contribution in [0.4, 0.5) is 0 Å². The van der Waals surface area contributed by atoms with Gasteiger partial charge in [-0.1, -0.05) is 91.7 Å². The van der Waals surface area contributed by atoms with Gasteiger partial charge in [0.2, 0.25) is 21.8 Å². The Bertz CT molecular complexity index is 1360. The van der Waals surface area contributed by atoms with E-state index in [1.165, 1.54) is 24.1 Å². The first-order valence-electron chi connectivity index (χ1n) is 12.9. The zero-order chi connectivity index (χ0) is 28.6. The van der Waals surface area contributed by atoms with Gasteiger partial charge in [-0.2, -0.15) is 4.31 Å². The van der Waals surface area contributed by atoms with E-state index < -0.39 is 28.5 Å². The van der Waals surface area contributed by atoms with E-state index in [2.05, 4.69) is 5.32 Å². The number of likely N-dealkylation sites (N-methyl/N-ethyl adjacent to an activating group) is 1. The SMILES string of the molecule is Cc1ccc(S(=O)(=O)N(C)CC(=O)N(Cc2ccccc2Cl)C(Cc2ccccc2)C(=O)NCC(C)C)cc1. The number of carbonyl (C=O) groups is 2. The highest BCUT2D eigenvalue weighted by Crippen LogP contribution is 2.22. The summed E-state index contributed by atoms with van der Waals surface area (Å²) in [5.41, 5.74) is 2.46. The second-order valence-electron chi connectivity index (χ2n) is 10.0. The van der Waals surface area contributed by atoms with E-state index in [0.717, 1.165) is 15.4 Å². The lowest BCUT2D eigenvalue weighted by Crippen LogP contribution is -2.53. The number of halogens is 1. The predicted molar refractivity (Wildman–Crippen MR) is 155 cm³/mol. The number of sulfonamides is 1. The van der Waals surface area contributed by atoms with E-state index >= 15 is 0 Å². The van der Waals surface area contributed by atoms with Crippen LogP contribution in [-0.4, -0.2) is 55.6 Å². The lowest BCUT2D eigenvalue weighted by atomic mass is 10.0. The second kappa shape index (κ2) is 13.7. The van der Waals surface area contributed by atoms with E-state index in [0.29, 0.717) is 17.1 Å². The van der Waals surface area contributed by atoms with Gasteiger partial charge in [0.1, 0.15) is 6.04 Å². The molecular weight excluding hydrogens is 534 g/mol. The van der Waals surface area contributed by atoms with Gasteiger partial charge < -0.3 is 10.2 Å². The van der Waals surface area contributed by atoms with Gasteiger partial charge in [-0.3, -0.25) is 9.59 Å². The Morgan fingerprint density at radius 2 is 1.54 bits per heavy atom. The molecule has 0 aliphatic heterocycles. The maximum Gasteiger partial charge on any atom is 0.243 e. The second-order valence-corrected chi connectivity index (χ2v) is 12.5. The molecule has 0 aromatic heterocycles. The minimum absolute atomic E-state index is 0.0452. The summed E-state index contributed by atoms with van der Waals surface area (Å²) in [6.07, 6.45) is 0.259. The van der Waals surface area contributed by atoms with Gasteiger partial charge in [0, 0.05) is 31.6 Å². The molecule has 0 saturated heterocycles. The van der Waals surface area contributed by atoms with Crippen LogP contribution in [0, 0.1) is 12.8 Å². The van der Waals surface area contributed by atoms with E-state index in [1.807, 2.05) is 57.2 Å². The first-order valence-corrected chi connectivity index (χ1v) is 14.7. The molecule has 1 atom stereocenters. The minimum atomic E-state index is -3.93. The van der Waals surface area contributed by atoms with Gasteiger partial charge in [0.05, 0.1) is 11.4 Å². The summed E-state index contributed by atoms with van der Waals surface area (Å²) >= 11 is 6.45. The van der Waals surface area contributed by atoms with Crippen LogP contribution in [0.3, 0.4) is 0 Å². The Morgan fingerprint density at radius 3 is 2.15 bits per heavy atom. The number of amides is 2. The Morgan fingerprint density at radius 1 is 0.923 bits per heavy atom. The van der Waals surface area contributed by atoms with Crippen molar-refractivity contribution in [3.8, 4) is 0 Å². The highest BCUT2D eigenvalue weighted by molar-refractivity contribution is 7.89. The summed E-state index contributed by atoms with van der Waals surface area (Å²) in [4.78, 5) is 28.9. The lowest BCUT2D eigenvalue weighted by molar-refractivity contribution is -0.141. The third-order valence-corrected chi connectivity index (χ3v) is 8.53. The number of hydrogen-bond donors (Lipinski definition) is 1. The number of aryl methyl sites for hydroxylation is 1. The molecule has 0 aliphatic rings. The largest absolute Gasteiger partial charge is 0.354 e. The predicted octanol–water partition coefficient (Wildman–Crippen LogP) is 4.68. The molecule has 1 N–H and O–H groups in total. The molecule has 1 unspecified atom stereocenters. The molecule has 39 heavy (non-hydrogen) atoms. The molecule has 0 aliphatic carbocycles. The monoisotopic (exact) mass is 569 g/mol. The van der Waals surface area contributed by atoms with Gasteiger partial charge in [-0.15, -0.1) is 0 Å². The van der Waals surface area contributed by atoms with Crippen molar-refractivity contribution >= 4 is 33.4 Å². The molecule has 0 saturated carbocycles. The highest BCUT2D eigenvalue weighted by atomic mass is 35.5. The van der Waals surface area contributed by atoms with Crippen molar-refractivity contribution in [3.05, 3.63) is 101 Å². The maximum absolute atomic E-state index is 13.9. The molecule has 0 bridgehead atoms. The fourth-order valence-electron chi connectivity index (χ4n) is 4.04. The van der Waals surface area contributed by atoms with Gasteiger partial charge in [-0.05, 0) is 42.2 Å². The number of hydrogen-bond acceptors (Lipinski definition) is 4. The third-order valence-electron chi connectivity index (χ3n) is 6.34. The first kappa shape index (κ1) is 30.3. The van der Waals surface area contributed by atoms with E-state index in [4.69, 9.17) is 11.6 Å². The fraction of sp³-hybridized carbons (Fsp3) is 0.333. The number of nitrogens with zero attached hydrogens (tertiary/aromatic N) is 2. The standard InChI is InChI=1S/C30H36ClN3O4S/c1-22(2)19-32-30(36)28(18-24-10-6-5-7-11-24)34(20-25-12-8-9-13-27(25)31)29(35)21-33(4)39(37,38)26-16-14-23(3)15-17-26/h5-17,22,28H,18-21H2,1-4H3,(H,32,36). The van der Waals surface area contributed by atoms with Crippen molar-refractivity contribution in [1.82, 2.24) is 14.5 Å². The Kier molecular flexibility index (Phi) is 10.7. The third kappa shape index (κ3) is 8.39. The van der Waals surface area contributed by atoms with Crippen molar-refractivity contribution in [1.29, 1.82) is 0 Å². The summed E-state index contributed by atoms with van der Waals surface area (Å²) in [7, 11) is -2.57. The molecule has 0 spiro atoms. The summed E-state index contributed by atoms with van der Waals surface area (Å²) < 4.78 is 27.5. The van der Waals surface area contributed by atoms with Crippen molar-refractivity contribution in [2.45, 2.75) is 44.7 Å². The first-order chi connectivity index (χ1) is 18.5. The smallest absolute Gasteiger partial charge is 0.243 e. The van der Waals surface area contributed by atoms with Crippen LogP contribution in [0.2, 0.25) is 5.02 Å². The van der Waals surface area contributed by atoms with E-state index in [9.17, 15) is 18.0 Å². The minimum Gasteiger partial charge on any atom is -0.354 e. The van der Waals surface area contributed by atoms with E-state index in [-0.39, 0.29) is 29.7 Å². The zero-order valence-corrected chi connectivity index (χ0v) is 24.4. The Hall–Kier alpha value is -3.20. The molecule has 2 amide bonds. The summed E-state index contributed by atoms with van der Waals surface area (Å²) in [6, 6.07) is 22.1. The highest BCUT2D eigenvalue weighted by Gasteiger charge is 2.33. The number of rotatable bonds is 12. The molecule has 3 aromatic rings. The number of nitrogens with one attached hydrogen (secondary N) is 1. The van der Waals surface area contributed by atoms with Gasteiger partial charge in [0.15, 0.2) is 0 Å². The lowest BCUT2D eigenvalue weighted by Gasteiger charge is -2.33. The average Bonchev–Trinajstić information content (AvgIpc) is 2.91. The molecule has 3 aromatic carbocycles. The fourth-order valence-corrected chi connectivity index (χ4v) is 5.36. The molecule has 0 radical (unpaired) electrons. The number of carbonyl (C=O) groups excluding carboxylic acids is 2. The molecule has 208 valence electrons. The van der Waals surface area contributed by atoms with Crippen LogP contribution in [0.15, 0.2) is 83.8 Å². The topological polar surface area (TPSA) is 86.8 Å². The average molecular weight is 570 g/mol. The van der Waals surface area contributed by atoms with E-state index in [1.54, 1.807) is 30.3 Å². The van der Waals surface area contributed by atoms with Crippen LogP contribution in [0.1, 0.15) is 30.5 Å². The molecule has 7 nitrogen and oxygen atoms in total. The number of benzene rings is 3. The van der Waals surface area contributed by atoms with Crippen molar-refractivity contribution in [2.75, 3.05) is 20.1 Å². The normalized spacial score (nSPS) is 12.4. The van der Waals surface area contributed by atoms with Crippen LogP contribution in [0.5, 0.6) is 0 Å². The summed E-state index contributed by atoms with van der Waals surface area (Å²) in [6.45, 7) is 5.90. The van der Waals surface area contributed by atoms with Crippen LogP contribution in [-0.2, 0) is 32.6 Å². The molecular formula is C30H36ClN3O4S. The Labute approximate surface area is 236 Å². The molecule has 9 heteroatoms. The van der Waals surface area contributed by atoms with Crippen molar-refractivity contribution in [3.63, 3.8) is 0 Å². The van der Waals surface area contributed by atoms with Crippen LogP contribution >= 0.6 is 11.6 Å². The van der Waals surface area contributed by atoms with Crippen molar-refractivity contribution < 1.29 is 18.0 Å². The maximum atomic E-state index is 13.9. The molecule has 3 rings (SSSR count). The van der Waals surface area contributed by atoms with Crippen LogP contribution < -0.4 is 5.32 Å². The Balaban J connectivity index is 1.97. The van der Waals surface area contributed by atoms with Crippen molar-refractivity contribution in [2.24, 2.45) is 5.92 Å². The van der Waals surface area contributed by atoms with Gasteiger partial charge >= 0.3 is 0 Å². The zero-order valence-electron chi connectivity index (χ0n) is 22.8. The summed E-state index contributed by atoms with van der Waals surface area (Å²) in [5, 5.41) is 3.41. The quantitative estimate of drug-likeness (QED) is 0.343. The molecule has 0 fully saturated rings. The molecule has 0 heterocycles. The van der Waals surface area contributed by atoms with Crippen LogP contribution in [0.25, 0.3) is 0 Å².